The summed E-state index contributed by atoms with van der Waals surface area (Å²) in [5.74, 6) is 2.63. The molecule has 22 heavy (non-hydrogen) atoms. The van der Waals surface area contributed by atoms with Crippen molar-refractivity contribution in [3.8, 4) is 11.5 Å². The van der Waals surface area contributed by atoms with Crippen LogP contribution in [-0.4, -0.2) is 19.3 Å². The highest BCUT2D eigenvalue weighted by atomic mass is 16.5. The van der Waals surface area contributed by atoms with Crippen LogP contribution in [0.2, 0.25) is 0 Å². The molecule has 0 saturated heterocycles. The molecule has 3 nitrogen and oxygen atoms in total. The minimum absolute atomic E-state index is 0.0446. The molecule has 0 bridgehead atoms. The largest absolute Gasteiger partial charge is 0.497 e. The van der Waals surface area contributed by atoms with Gasteiger partial charge in [-0.1, -0.05) is 27.7 Å². The molecule has 0 amide bonds. The molecule has 0 radical (unpaired) electrons. The summed E-state index contributed by atoms with van der Waals surface area (Å²) in [6.45, 7) is 10.0. The lowest BCUT2D eigenvalue weighted by molar-refractivity contribution is 0.0226. The van der Waals surface area contributed by atoms with Gasteiger partial charge in [-0.15, -0.1) is 0 Å². The first-order chi connectivity index (χ1) is 10.5. The summed E-state index contributed by atoms with van der Waals surface area (Å²) in [5.41, 5.74) is 1.19. The maximum Gasteiger partial charge on any atom is 0.125 e. The molecule has 1 aromatic carbocycles. The lowest BCUT2D eigenvalue weighted by Crippen LogP contribution is -2.43. The van der Waals surface area contributed by atoms with E-state index in [1.807, 2.05) is 6.07 Å². The van der Waals surface area contributed by atoms with Crippen molar-refractivity contribution in [1.29, 1.82) is 0 Å². The van der Waals surface area contributed by atoms with Crippen molar-refractivity contribution >= 4 is 0 Å². The van der Waals surface area contributed by atoms with E-state index in [-0.39, 0.29) is 5.60 Å². The monoisotopic (exact) mass is 305 g/mol. The van der Waals surface area contributed by atoms with Crippen LogP contribution >= 0.6 is 0 Å². The zero-order valence-electron chi connectivity index (χ0n) is 14.7. The highest BCUT2D eigenvalue weighted by Gasteiger charge is 2.38. The van der Waals surface area contributed by atoms with Crippen molar-refractivity contribution in [2.45, 2.75) is 65.0 Å². The molecule has 2 rings (SSSR count). The van der Waals surface area contributed by atoms with Gasteiger partial charge in [0.1, 0.15) is 17.1 Å². The van der Waals surface area contributed by atoms with Crippen LogP contribution in [0.15, 0.2) is 18.2 Å². The number of benzene rings is 1. The van der Waals surface area contributed by atoms with Gasteiger partial charge in [-0.3, -0.25) is 0 Å². The van der Waals surface area contributed by atoms with Gasteiger partial charge < -0.3 is 14.8 Å². The molecule has 1 aliphatic heterocycles. The topological polar surface area (TPSA) is 30.5 Å². The van der Waals surface area contributed by atoms with E-state index in [1.54, 1.807) is 7.11 Å². The van der Waals surface area contributed by atoms with Gasteiger partial charge in [0.15, 0.2) is 0 Å². The number of ether oxygens (including phenoxy) is 2. The third-order valence-corrected chi connectivity index (χ3v) is 4.90. The third-order valence-electron chi connectivity index (χ3n) is 4.90. The van der Waals surface area contributed by atoms with Crippen LogP contribution in [0.5, 0.6) is 11.5 Å². The highest BCUT2D eigenvalue weighted by Crippen LogP contribution is 2.44. The predicted octanol–water partition coefficient (Wildman–Crippen LogP) is 4.71. The van der Waals surface area contributed by atoms with Gasteiger partial charge in [-0.25, -0.2) is 0 Å². The van der Waals surface area contributed by atoms with Crippen LogP contribution < -0.4 is 14.8 Å². The average molecular weight is 305 g/mol. The molecule has 1 aromatic rings. The molecule has 124 valence electrons. The molecule has 0 saturated carbocycles. The van der Waals surface area contributed by atoms with Crippen LogP contribution in [0, 0.1) is 5.92 Å². The van der Waals surface area contributed by atoms with E-state index < -0.39 is 0 Å². The molecule has 1 unspecified atom stereocenters. The normalized spacial score (nSPS) is 19.6. The predicted molar refractivity (Wildman–Crippen MR) is 91.8 cm³/mol. The Labute approximate surface area is 135 Å². The molecule has 1 atom stereocenters. The molecular weight excluding hydrogens is 274 g/mol. The van der Waals surface area contributed by atoms with Gasteiger partial charge in [0.05, 0.1) is 7.11 Å². The number of hydrogen-bond acceptors (Lipinski definition) is 3. The Morgan fingerprint density at radius 2 is 2.05 bits per heavy atom. The van der Waals surface area contributed by atoms with Crippen molar-refractivity contribution in [1.82, 2.24) is 5.32 Å². The molecule has 0 aliphatic carbocycles. The summed E-state index contributed by atoms with van der Waals surface area (Å²) >= 11 is 0. The Hall–Kier alpha value is -1.22. The lowest BCUT2D eigenvalue weighted by Gasteiger charge is -2.42. The zero-order valence-corrected chi connectivity index (χ0v) is 14.7. The summed E-state index contributed by atoms with van der Waals surface area (Å²) in [7, 11) is 1.72. The summed E-state index contributed by atoms with van der Waals surface area (Å²) < 4.78 is 11.8. The van der Waals surface area contributed by atoms with E-state index in [1.165, 1.54) is 12.0 Å². The first kappa shape index (κ1) is 17.1. The van der Waals surface area contributed by atoms with Crippen molar-refractivity contribution in [2.75, 3.05) is 13.7 Å². The summed E-state index contributed by atoms with van der Waals surface area (Å²) in [6.07, 6.45) is 4.30. The molecule has 1 N–H and O–H groups in total. The van der Waals surface area contributed by atoms with Crippen molar-refractivity contribution in [3.05, 3.63) is 23.8 Å². The molecule has 3 heteroatoms. The maximum atomic E-state index is 6.38. The van der Waals surface area contributed by atoms with Crippen LogP contribution in [0.3, 0.4) is 0 Å². The molecular formula is C19H31NO2. The Balaban J connectivity index is 2.25. The van der Waals surface area contributed by atoms with E-state index in [4.69, 9.17) is 9.47 Å². The standard InChI is InChI=1S/C19H31NO2/c1-6-19(7-2)13-17(20-11-10-14(3)4)16-12-15(21-5)8-9-18(16)22-19/h8-9,12,14,17,20H,6-7,10-11,13H2,1-5H3. The van der Waals surface area contributed by atoms with Gasteiger partial charge in [-0.2, -0.15) is 0 Å². The first-order valence-electron chi connectivity index (χ1n) is 8.64. The second-order valence-electron chi connectivity index (χ2n) is 6.79. The number of fused-ring (bicyclic) bond motifs is 1. The second-order valence-corrected chi connectivity index (χ2v) is 6.79. The van der Waals surface area contributed by atoms with Gasteiger partial charge in [-0.05, 0) is 49.9 Å². The second kappa shape index (κ2) is 7.36. The molecule has 0 spiro atoms. The quantitative estimate of drug-likeness (QED) is 0.791. The molecule has 1 aliphatic rings. The lowest BCUT2D eigenvalue weighted by atomic mass is 9.83. The SMILES string of the molecule is CCC1(CC)CC(NCCC(C)C)c2cc(OC)ccc2O1. The number of nitrogens with one attached hydrogen (secondary N) is 1. The smallest absolute Gasteiger partial charge is 0.125 e. The fraction of sp³-hybridized carbons (Fsp3) is 0.684. The minimum atomic E-state index is -0.0446. The number of rotatable bonds is 7. The van der Waals surface area contributed by atoms with Crippen molar-refractivity contribution in [2.24, 2.45) is 5.92 Å². The minimum Gasteiger partial charge on any atom is -0.497 e. The van der Waals surface area contributed by atoms with Crippen molar-refractivity contribution < 1.29 is 9.47 Å². The Morgan fingerprint density at radius 3 is 2.64 bits per heavy atom. The first-order valence-corrected chi connectivity index (χ1v) is 8.64. The Bertz CT molecular complexity index is 480. The van der Waals surface area contributed by atoms with Crippen LogP contribution in [0.25, 0.3) is 0 Å². The molecule has 0 fully saturated rings. The number of hydrogen-bond donors (Lipinski definition) is 1. The van der Waals surface area contributed by atoms with Gasteiger partial charge >= 0.3 is 0 Å². The van der Waals surface area contributed by atoms with Gasteiger partial charge in [0, 0.05) is 18.0 Å². The average Bonchev–Trinajstić information content (AvgIpc) is 2.53. The highest BCUT2D eigenvalue weighted by molar-refractivity contribution is 5.44. The Morgan fingerprint density at radius 1 is 1.32 bits per heavy atom. The van der Waals surface area contributed by atoms with Crippen LogP contribution in [0.1, 0.15) is 65.0 Å². The molecule has 0 aromatic heterocycles. The van der Waals surface area contributed by atoms with E-state index in [2.05, 4.69) is 45.1 Å². The fourth-order valence-corrected chi connectivity index (χ4v) is 3.19. The fourth-order valence-electron chi connectivity index (χ4n) is 3.19. The maximum absolute atomic E-state index is 6.38. The summed E-state index contributed by atoms with van der Waals surface area (Å²) in [6, 6.07) is 6.52. The Kier molecular flexibility index (Phi) is 5.74. The third kappa shape index (κ3) is 3.75. The van der Waals surface area contributed by atoms with E-state index in [9.17, 15) is 0 Å². The van der Waals surface area contributed by atoms with Crippen LogP contribution in [-0.2, 0) is 0 Å². The van der Waals surface area contributed by atoms with E-state index in [0.717, 1.165) is 43.2 Å². The van der Waals surface area contributed by atoms with Gasteiger partial charge in [0.2, 0.25) is 0 Å². The zero-order chi connectivity index (χ0) is 16.2. The van der Waals surface area contributed by atoms with Crippen LogP contribution in [0.4, 0.5) is 0 Å². The van der Waals surface area contributed by atoms with Crippen molar-refractivity contribution in [3.63, 3.8) is 0 Å². The summed E-state index contributed by atoms with van der Waals surface area (Å²) in [4.78, 5) is 0. The van der Waals surface area contributed by atoms with E-state index >= 15 is 0 Å². The van der Waals surface area contributed by atoms with Gasteiger partial charge in [0.25, 0.3) is 0 Å². The molecule has 1 heterocycles. The summed E-state index contributed by atoms with van der Waals surface area (Å²) in [5, 5.41) is 3.75. The number of methoxy groups -OCH3 is 1. The van der Waals surface area contributed by atoms with E-state index in [0.29, 0.717) is 6.04 Å².